The lowest BCUT2D eigenvalue weighted by Gasteiger charge is -2.19. The van der Waals surface area contributed by atoms with Crippen LogP contribution < -0.4 is 10.6 Å². The maximum atomic E-state index is 5.52. The fraction of sp³-hybridized carbons (Fsp3) is 0.818. The topological polar surface area (TPSA) is 55.0 Å². The Morgan fingerprint density at radius 3 is 2.50 bits per heavy atom. The zero-order valence-electron chi connectivity index (χ0n) is 10.7. The van der Waals surface area contributed by atoms with Crippen molar-refractivity contribution < 1.29 is 0 Å². The highest BCUT2D eigenvalue weighted by Crippen LogP contribution is 2.25. The second-order valence-electron chi connectivity index (χ2n) is 4.87. The average molecular weight is 242 g/mol. The van der Waals surface area contributed by atoms with E-state index in [0.29, 0.717) is 0 Å². The lowest BCUT2D eigenvalue weighted by atomic mass is 9.96. The molecular weight excluding hydrogens is 220 g/mol. The fourth-order valence-electron chi connectivity index (χ4n) is 1.32. The first-order valence-corrected chi connectivity index (χ1v) is 6.55. The Bertz CT molecular complexity index is 316. The molecule has 0 atom stereocenters. The van der Waals surface area contributed by atoms with Crippen LogP contribution in [0.5, 0.6) is 0 Å². The standard InChI is InChI=1S/C11H22N4S/c1-5-15(8-6-7-12)10-13-9(14-16-10)11(2,3)4/h5-8,12H2,1-4H3. The van der Waals surface area contributed by atoms with Crippen LogP contribution in [-0.4, -0.2) is 29.0 Å². The van der Waals surface area contributed by atoms with E-state index in [0.717, 1.165) is 37.0 Å². The van der Waals surface area contributed by atoms with Gasteiger partial charge in [-0.2, -0.15) is 4.37 Å². The van der Waals surface area contributed by atoms with Crippen molar-refractivity contribution in [2.45, 2.75) is 39.5 Å². The average Bonchev–Trinajstić information content (AvgIpc) is 2.68. The molecule has 0 saturated heterocycles. The normalized spacial score (nSPS) is 11.8. The van der Waals surface area contributed by atoms with E-state index in [-0.39, 0.29) is 5.41 Å². The van der Waals surface area contributed by atoms with Crippen LogP contribution in [0.2, 0.25) is 0 Å². The van der Waals surface area contributed by atoms with Gasteiger partial charge in [0.15, 0.2) is 0 Å². The molecule has 5 heteroatoms. The molecule has 1 aromatic heterocycles. The van der Waals surface area contributed by atoms with Crippen molar-refractivity contribution in [2.24, 2.45) is 5.73 Å². The highest BCUT2D eigenvalue weighted by atomic mass is 32.1. The summed E-state index contributed by atoms with van der Waals surface area (Å²) in [6.45, 7) is 11.2. The molecule has 0 bridgehead atoms. The Hall–Kier alpha value is -0.680. The van der Waals surface area contributed by atoms with Crippen LogP contribution in [0.4, 0.5) is 5.13 Å². The van der Waals surface area contributed by atoms with Gasteiger partial charge in [-0.1, -0.05) is 20.8 Å². The summed E-state index contributed by atoms with van der Waals surface area (Å²) in [4.78, 5) is 6.83. The van der Waals surface area contributed by atoms with Crippen molar-refractivity contribution in [2.75, 3.05) is 24.5 Å². The van der Waals surface area contributed by atoms with Gasteiger partial charge in [0.1, 0.15) is 5.82 Å². The van der Waals surface area contributed by atoms with Crippen LogP contribution in [0.25, 0.3) is 0 Å². The molecule has 2 N–H and O–H groups in total. The number of nitrogens with zero attached hydrogens (tertiary/aromatic N) is 3. The number of anilines is 1. The van der Waals surface area contributed by atoms with E-state index in [1.165, 1.54) is 11.5 Å². The number of aromatic nitrogens is 2. The van der Waals surface area contributed by atoms with Crippen LogP contribution in [0, 0.1) is 0 Å². The lowest BCUT2D eigenvalue weighted by molar-refractivity contribution is 0.554. The van der Waals surface area contributed by atoms with Crippen molar-refractivity contribution in [3.8, 4) is 0 Å². The van der Waals surface area contributed by atoms with Gasteiger partial charge in [0, 0.05) is 30.0 Å². The summed E-state index contributed by atoms with van der Waals surface area (Å²) in [5, 5.41) is 1.01. The predicted octanol–water partition coefficient (Wildman–Crippen LogP) is 2.01. The minimum absolute atomic E-state index is 0.0298. The Kier molecular flexibility index (Phi) is 4.68. The van der Waals surface area contributed by atoms with E-state index in [1.807, 2.05) is 0 Å². The third kappa shape index (κ3) is 3.42. The van der Waals surface area contributed by atoms with Gasteiger partial charge in [0.2, 0.25) is 5.13 Å². The number of rotatable bonds is 5. The molecule has 1 rings (SSSR count). The van der Waals surface area contributed by atoms with Crippen LogP contribution in [0.1, 0.15) is 39.9 Å². The first-order chi connectivity index (χ1) is 7.49. The summed E-state index contributed by atoms with van der Waals surface area (Å²) in [6, 6.07) is 0. The molecule has 0 aliphatic carbocycles. The molecular formula is C11H22N4S. The largest absolute Gasteiger partial charge is 0.347 e. The summed E-state index contributed by atoms with van der Waals surface area (Å²) in [5.74, 6) is 0.929. The summed E-state index contributed by atoms with van der Waals surface area (Å²) in [6.07, 6.45) is 0.998. The van der Waals surface area contributed by atoms with Crippen LogP contribution >= 0.6 is 11.5 Å². The van der Waals surface area contributed by atoms with Gasteiger partial charge in [-0.3, -0.25) is 0 Å². The zero-order chi connectivity index (χ0) is 12.2. The maximum Gasteiger partial charge on any atom is 0.205 e. The molecule has 0 unspecified atom stereocenters. The van der Waals surface area contributed by atoms with Crippen molar-refractivity contribution in [3.05, 3.63) is 5.82 Å². The maximum absolute atomic E-state index is 5.52. The third-order valence-electron chi connectivity index (χ3n) is 2.37. The third-order valence-corrected chi connectivity index (χ3v) is 3.15. The van der Waals surface area contributed by atoms with E-state index in [4.69, 9.17) is 5.73 Å². The molecule has 0 aromatic carbocycles. The van der Waals surface area contributed by atoms with Gasteiger partial charge in [0.25, 0.3) is 0 Å². The molecule has 0 aliphatic heterocycles. The second-order valence-corrected chi connectivity index (χ2v) is 5.60. The number of nitrogens with two attached hydrogens (primary N) is 1. The van der Waals surface area contributed by atoms with E-state index >= 15 is 0 Å². The molecule has 16 heavy (non-hydrogen) atoms. The first-order valence-electron chi connectivity index (χ1n) is 5.78. The second kappa shape index (κ2) is 5.59. The molecule has 92 valence electrons. The van der Waals surface area contributed by atoms with Crippen molar-refractivity contribution in [3.63, 3.8) is 0 Å². The summed E-state index contributed by atoms with van der Waals surface area (Å²) in [7, 11) is 0. The SMILES string of the molecule is CCN(CCCN)c1nc(C(C)(C)C)ns1. The van der Waals surface area contributed by atoms with Gasteiger partial charge < -0.3 is 10.6 Å². The molecule has 0 spiro atoms. The quantitative estimate of drug-likeness (QED) is 0.858. The predicted molar refractivity (Wildman–Crippen MR) is 70.2 cm³/mol. The van der Waals surface area contributed by atoms with E-state index in [9.17, 15) is 0 Å². The van der Waals surface area contributed by atoms with Gasteiger partial charge >= 0.3 is 0 Å². The van der Waals surface area contributed by atoms with Crippen molar-refractivity contribution in [1.82, 2.24) is 9.36 Å². The summed E-state index contributed by atoms with van der Waals surface area (Å²) >= 11 is 1.48. The Morgan fingerprint density at radius 1 is 1.38 bits per heavy atom. The zero-order valence-corrected chi connectivity index (χ0v) is 11.5. The van der Waals surface area contributed by atoms with Crippen LogP contribution in [0.3, 0.4) is 0 Å². The number of hydrogen-bond acceptors (Lipinski definition) is 5. The first kappa shape index (κ1) is 13.4. The van der Waals surface area contributed by atoms with Gasteiger partial charge in [0.05, 0.1) is 0 Å². The molecule has 0 aliphatic rings. The Morgan fingerprint density at radius 2 is 2.06 bits per heavy atom. The van der Waals surface area contributed by atoms with Gasteiger partial charge in [-0.25, -0.2) is 4.98 Å². The molecule has 0 radical (unpaired) electrons. The smallest absolute Gasteiger partial charge is 0.205 e. The monoisotopic (exact) mass is 242 g/mol. The highest BCUT2D eigenvalue weighted by molar-refractivity contribution is 7.09. The highest BCUT2D eigenvalue weighted by Gasteiger charge is 2.21. The van der Waals surface area contributed by atoms with Crippen molar-refractivity contribution in [1.29, 1.82) is 0 Å². The molecule has 0 amide bonds. The fourth-order valence-corrected chi connectivity index (χ4v) is 2.27. The van der Waals surface area contributed by atoms with E-state index < -0.39 is 0 Å². The van der Waals surface area contributed by atoms with Crippen LogP contribution in [-0.2, 0) is 5.41 Å². The van der Waals surface area contributed by atoms with Gasteiger partial charge in [-0.05, 0) is 19.9 Å². The van der Waals surface area contributed by atoms with E-state index in [1.54, 1.807) is 0 Å². The lowest BCUT2D eigenvalue weighted by Crippen LogP contribution is -2.25. The summed E-state index contributed by atoms with van der Waals surface area (Å²) < 4.78 is 4.42. The van der Waals surface area contributed by atoms with Gasteiger partial charge in [-0.15, -0.1) is 0 Å². The molecule has 1 heterocycles. The summed E-state index contributed by atoms with van der Waals surface area (Å²) in [5.41, 5.74) is 5.55. The van der Waals surface area contributed by atoms with E-state index in [2.05, 4.69) is 42.0 Å². The Labute approximate surface area is 102 Å². The molecule has 0 fully saturated rings. The minimum Gasteiger partial charge on any atom is -0.347 e. The van der Waals surface area contributed by atoms with Crippen LogP contribution in [0.15, 0.2) is 0 Å². The molecule has 4 nitrogen and oxygen atoms in total. The minimum atomic E-state index is 0.0298. The molecule has 0 saturated carbocycles. The van der Waals surface area contributed by atoms with Crippen molar-refractivity contribution >= 4 is 16.7 Å². The number of hydrogen-bond donors (Lipinski definition) is 1. The molecule has 1 aromatic rings. The Balaban J connectivity index is 2.75.